The lowest BCUT2D eigenvalue weighted by Gasteiger charge is -2.41. The number of carbonyl (C=O) groups is 2. The van der Waals surface area contributed by atoms with E-state index in [-0.39, 0.29) is 18.2 Å². The molecule has 0 unspecified atom stereocenters. The number of aromatic hydroxyl groups is 1. The molecule has 0 spiro atoms. The van der Waals surface area contributed by atoms with Crippen LogP contribution in [0.3, 0.4) is 0 Å². The van der Waals surface area contributed by atoms with E-state index in [2.05, 4.69) is 0 Å². The van der Waals surface area contributed by atoms with Crippen molar-refractivity contribution in [1.29, 1.82) is 0 Å². The minimum absolute atomic E-state index is 0.0444. The Morgan fingerprint density at radius 1 is 0.939 bits per heavy atom. The number of para-hydroxylation sites is 1. The zero-order valence-electron chi connectivity index (χ0n) is 18.4. The van der Waals surface area contributed by atoms with Crippen molar-refractivity contribution in [2.75, 3.05) is 20.8 Å². The van der Waals surface area contributed by atoms with Crippen LogP contribution in [-0.4, -0.2) is 47.8 Å². The van der Waals surface area contributed by atoms with Crippen molar-refractivity contribution in [1.82, 2.24) is 4.90 Å². The third-order valence-electron chi connectivity index (χ3n) is 6.05. The van der Waals surface area contributed by atoms with Crippen molar-refractivity contribution >= 4 is 11.9 Å². The SMILES string of the molecule is COc1ccc(CCN2C(=O)c3ccccc3[C@@H](C(=O)O)[C@H]2c2ccccc2O)cc1OC. The number of carbonyl (C=O) groups excluding carboxylic acids is 1. The van der Waals surface area contributed by atoms with Crippen molar-refractivity contribution in [3.05, 3.63) is 89.0 Å². The number of benzene rings is 3. The van der Waals surface area contributed by atoms with Crippen LogP contribution in [0.2, 0.25) is 0 Å². The van der Waals surface area contributed by atoms with E-state index in [1.165, 1.54) is 6.07 Å². The van der Waals surface area contributed by atoms with Gasteiger partial charge in [0.2, 0.25) is 0 Å². The summed E-state index contributed by atoms with van der Waals surface area (Å²) in [6, 6.07) is 18.0. The quantitative estimate of drug-likeness (QED) is 0.568. The van der Waals surface area contributed by atoms with E-state index in [0.29, 0.717) is 34.6 Å². The molecule has 2 N–H and O–H groups in total. The average Bonchev–Trinajstić information content (AvgIpc) is 2.83. The summed E-state index contributed by atoms with van der Waals surface area (Å²) in [7, 11) is 3.11. The number of nitrogens with zero attached hydrogens (tertiary/aromatic N) is 1. The summed E-state index contributed by atoms with van der Waals surface area (Å²) in [6.07, 6.45) is 0.463. The molecular formula is C26H25NO6. The highest BCUT2D eigenvalue weighted by molar-refractivity contribution is 6.00. The third kappa shape index (κ3) is 4.09. The highest BCUT2D eigenvalue weighted by Gasteiger charge is 2.44. The standard InChI is InChI=1S/C26H25NO6/c1-32-21-12-11-16(15-22(21)33-2)13-14-27-24(19-9-5-6-10-20(19)28)23(26(30)31)17-7-3-4-8-18(17)25(27)29/h3-12,15,23-24,28H,13-14H2,1-2H3,(H,30,31)/t23-,24-/m1/s1. The lowest BCUT2D eigenvalue weighted by Crippen LogP contribution is -2.45. The molecule has 7 nitrogen and oxygen atoms in total. The summed E-state index contributed by atoms with van der Waals surface area (Å²) in [5.41, 5.74) is 2.12. The van der Waals surface area contributed by atoms with Gasteiger partial charge in [0.15, 0.2) is 11.5 Å². The Morgan fingerprint density at radius 3 is 2.27 bits per heavy atom. The number of methoxy groups -OCH3 is 2. The summed E-state index contributed by atoms with van der Waals surface area (Å²) < 4.78 is 10.7. The monoisotopic (exact) mass is 447 g/mol. The van der Waals surface area contributed by atoms with E-state index in [0.717, 1.165) is 5.56 Å². The van der Waals surface area contributed by atoms with E-state index in [1.54, 1.807) is 67.7 Å². The van der Waals surface area contributed by atoms with Crippen molar-refractivity contribution in [2.45, 2.75) is 18.4 Å². The van der Waals surface area contributed by atoms with Gasteiger partial charge in [-0.2, -0.15) is 0 Å². The molecule has 1 heterocycles. The number of carboxylic acids is 1. The Kier molecular flexibility index (Phi) is 6.22. The number of hydrogen-bond acceptors (Lipinski definition) is 5. The largest absolute Gasteiger partial charge is 0.508 e. The number of phenolic OH excluding ortho intramolecular Hbond substituents is 1. The van der Waals surface area contributed by atoms with Crippen LogP contribution in [-0.2, 0) is 11.2 Å². The molecule has 33 heavy (non-hydrogen) atoms. The smallest absolute Gasteiger partial charge is 0.313 e. The number of rotatable bonds is 7. The van der Waals surface area contributed by atoms with Crippen LogP contribution >= 0.6 is 0 Å². The minimum Gasteiger partial charge on any atom is -0.508 e. The first-order chi connectivity index (χ1) is 16.0. The van der Waals surface area contributed by atoms with Gasteiger partial charge in [-0.1, -0.05) is 42.5 Å². The van der Waals surface area contributed by atoms with Gasteiger partial charge in [0.1, 0.15) is 11.7 Å². The molecule has 0 aromatic heterocycles. The first-order valence-electron chi connectivity index (χ1n) is 10.6. The van der Waals surface area contributed by atoms with Gasteiger partial charge in [0, 0.05) is 17.7 Å². The lowest BCUT2D eigenvalue weighted by molar-refractivity contribution is -0.140. The van der Waals surface area contributed by atoms with Gasteiger partial charge in [-0.05, 0) is 41.8 Å². The van der Waals surface area contributed by atoms with Crippen LogP contribution in [0.5, 0.6) is 17.2 Å². The molecule has 3 aromatic carbocycles. The zero-order chi connectivity index (χ0) is 23.5. The molecule has 0 fully saturated rings. The summed E-state index contributed by atoms with van der Waals surface area (Å²) in [5, 5.41) is 20.7. The molecule has 170 valence electrons. The molecule has 3 aromatic rings. The molecule has 0 saturated carbocycles. The fourth-order valence-electron chi connectivity index (χ4n) is 4.47. The number of ether oxygens (including phenoxy) is 2. The second kappa shape index (κ2) is 9.24. The van der Waals surface area contributed by atoms with Gasteiger partial charge in [-0.25, -0.2) is 0 Å². The molecule has 0 bridgehead atoms. The Labute approximate surface area is 191 Å². The van der Waals surface area contributed by atoms with E-state index >= 15 is 0 Å². The molecular weight excluding hydrogens is 422 g/mol. The van der Waals surface area contributed by atoms with E-state index in [1.807, 2.05) is 12.1 Å². The van der Waals surface area contributed by atoms with Crippen LogP contribution in [0.4, 0.5) is 0 Å². The predicted molar refractivity (Wildman–Crippen MR) is 122 cm³/mol. The zero-order valence-corrected chi connectivity index (χ0v) is 18.4. The van der Waals surface area contributed by atoms with E-state index in [9.17, 15) is 19.8 Å². The lowest BCUT2D eigenvalue weighted by atomic mass is 9.79. The maximum Gasteiger partial charge on any atom is 0.313 e. The number of aliphatic carboxylic acids is 1. The van der Waals surface area contributed by atoms with Crippen molar-refractivity contribution in [3.63, 3.8) is 0 Å². The minimum atomic E-state index is -1.06. The van der Waals surface area contributed by atoms with Gasteiger partial charge in [-0.15, -0.1) is 0 Å². The molecule has 0 aliphatic carbocycles. The Balaban J connectivity index is 1.76. The van der Waals surface area contributed by atoms with Crippen molar-refractivity contribution < 1.29 is 29.3 Å². The number of phenols is 1. The predicted octanol–water partition coefficient (Wildman–Crippen LogP) is 4.02. The topological polar surface area (TPSA) is 96.3 Å². The van der Waals surface area contributed by atoms with Crippen molar-refractivity contribution in [3.8, 4) is 17.2 Å². The van der Waals surface area contributed by atoms with Gasteiger partial charge in [0.05, 0.1) is 20.3 Å². The average molecular weight is 447 g/mol. The highest BCUT2D eigenvalue weighted by Crippen LogP contribution is 2.45. The Bertz CT molecular complexity index is 1190. The fourth-order valence-corrected chi connectivity index (χ4v) is 4.47. The summed E-state index contributed by atoms with van der Waals surface area (Å²) >= 11 is 0. The van der Waals surface area contributed by atoms with Crippen LogP contribution in [0.25, 0.3) is 0 Å². The summed E-state index contributed by atoms with van der Waals surface area (Å²) in [6.45, 7) is 0.255. The number of hydrogen-bond donors (Lipinski definition) is 2. The normalized spacial score (nSPS) is 17.4. The van der Waals surface area contributed by atoms with Crippen LogP contribution in [0, 0.1) is 0 Å². The first-order valence-corrected chi connectivity index (χ1v) is 10.6. The maximum atomic E-state index is 13.5. The van der Waals surface area contributed by atoms with Gasteiger partial charge >= 0.3 is 5.97 Å². The van der Waals surface area contributed by atoms with Gasteiger partial charge in [-0.3, -0.25) is 9.59 Å². The Hall–Kier alpha value is -4.00. The fraction of sp³-hybridized carbons (Fsp3) is 0.231. The third-order valence-corrected chi connectivity index (χ3v) is 6.05. The van der Waals surface area contributed by atoms with Gasteiger partial charge < -0.3 is 24.6 Å². The van der Waals surface area contributed by atoms with Crippen molar-refractivity contribution in [2.24, 2.45) is 0 Å². The maximum absolute atomic E-state index is 13.5. The Morgan fingerprint density at radius 2 is 1.61 bits per heavy atom. The highest BCUT2D eigenvalue weighted by atomic mass is 16.5. The summed E-state index contributed by atoms with van der Waals surface area (Å²) in [4.78, 5) is 27.5. The second-order valence-corrected chi connectivity index (χ2v) is 7.84. The number of carboxylic acid groups (broad SMARTS) is 1. The molecule has 1 aliphatic rings. The molecule has 7 heteroatoms. The van der Waals surface area contributed by atoms with Gasteiger partial charge in [0.25, 0.3) is 5.91 Å². The summed E-state index contributed by atoms with van der Waals surface area (Å²) in [5.74, 6) is -1.21. The molecule has 0 radical (unpaired) electrons. The van der Waals surface area contributed by atoms with Crippen LogP contribution in [0.15, 0.2) is 66.7 Å². The van der Waals surface area contributed by atoms with Crippen LogP contribution in [0.1, 0.15) is 39.0 Å². The van der Waals surface area contributed by atoms with E-state index < -0.39 is 17.9 Å². The molecule has 0 saturated heterocycles. The first kappa shape index (κ1) is 22.2. The van der Waals surface area contributed by atoms with Crippen LogP contribution < -0.4 is 9.47 Å². The number of amides is 1. The second-order valence-electron chi connectivity index (χ2n) is 7.84. The molecule has 4 rings (SSSR count). The molecule has 2 atom stereocenters. The van der Waals surface area contributed by atoms with E-state index in [4.69, 9.17) is 9.47 Å². The molecule has 1 aliphatic heterocycles. The molecule has 1 amide bonds. The number of fused-ring (bicyclic) bond motifs is 1.